The maximum absolute atomic E-state index is 11.9. The summed E-state index contributed by atoms with van der Waals surface area (Å²) in [7, 11) is 3.57. The van der Waals surface area contributed by atoms with Crippen LogP contribution >= 0.6 is 0 Å². The highest BCUT2D eigenvalue weighted by Gasteiger charge is 2.17. The third-order valence-electron chi connectivity index (χ3n) is 6.96. The lowest BCUT2D eigenvalue weighted by Crippen LogP contribution is -2.35. The molecule has 6 nitrogen and oxygen atoms in total. The Kier molecular flexibility index (Phi) is 24.6. The first-order chi connectivity index (χ1) is 18.8. The van der Waals surface area contributed by atoms with Gasteiger partial charge in [-0.25, -0.2) is 0 Å². The van der Waals surface area contributed by atoms with Crippen LogP contribution in [0.15, 0.2) is 30.3 Å². The topological polar surface area (TPSA) is 86.7 Å². The Hall–Kier alpha value is -2.21. The van der Waals surface area contributed by atoms with E-state index >= 15 is 0 Å². The number of amides is 2. The summed E-state index contributed by atoms with van der Waals surface area (Å²) in [5.41, 5.74) is 0.935. The van der Waals surface area contributed by atoms with Crippen LogP contribution < -0.4 is 5.32 Å². The van der Waals surface area contributed by atoms with Crippen LogP contribution in [0.4, 0.5) is 0 Å². The monoisotopic (exact) mass is 546 g/mol. The molecule has 1 unspecified atom stereocenters. The van der Waals surface area contributed by atoms with E-state index in [1.165, 1.54) is 83.5 Å². The van der Waals surface area contributed by atoms with Crippen molar-refractivity contribution in [1.29, 1.82) is 0 Å². The molecule has 0 spiro atoms. The van der Waals surface area contributed by atoms with Crippen LogP contribution in [0.25, 0.3) is 0 Å². The van der Waals surface area contributed by atoms with E-state index in [9.17, 15) is 14.4 Å². The lowest BCUT2D eigenvalue weighted by Gasteiger charge is -2.18. The molecular weight excluding hydrogens is 488 g/mol. The van der Waals surface area contributed by atoms with Gasteiger partial charge in [-0.2, -0.15) is 0 Å². The number of carbonyl (C=O) groups excluding carboxylic acids is 2. The van der Waals surface area contributed by atoms with Crippen LogP contribution in [0, 0.1) is 0 Å². The second-order valence-corrected chi connectivity index (χ2v) is 10.9. The molecule has 6 heteroatoms. The fourth-order valence-corrected chi connectivity index (χ4v) is 4.58. The second-order valence-electron chi connectivity index (χ2n) is 10.9. The van der Waals surface area contributed by atoms with Gasteiger partial charge in [0.05, 0.1) is 6.42 Å². The average Bonchev–Trinajstić information content (AvgIpc) is 2.90. The zero-order chi connectivity index (χ0) is 29.1. The first-order valence-corrected chi connectivity index (χ1v) is 15.6. The molecule has 1 atom stereocenters. The molecule has 0 fully saturated rings. The quantitative estimate of drug-likeness (QED) is 0.144. The third-order valence-corrected chi connectivity index (χ3v) is 6.96. The minimum absolute atomic E-state index is 0.138. The molecule has 1 aromatic rings. The van der Waals surface area contributed by atoms with Crippen molar-refractivity contribution in [3.8, 4) is 0 Å². The Morgan fingerprint density at radius 3 is 1.54 bits per heavy atom. The van der Waals surface area contributed by atoms with Gasteiger partial charge < -0.3 is 5.11 Å². The highest BCUT2D eigenvalue weighted by molar-refractivity contribution is 5.96. The van der Waals surface area contributed by atoms with Gasteiger partial charge in [0, 0.05) is 6.42 Å². The number of likely N-dealkylation sites (N-methyl/N-ethyl adjacent to an activating group) is 1. The largest absolute Gasteiger partial charge is 0.480 e. The van der Waals surface area contributed by atoms with E-state index in [-0.39, 0.29) is 24.3 Å². The van der Waals surface area contributed by atoms with E-state index in [0.29, 0.717) is 6.42 Å². The van der Waals surface area contributed by atoms with E-state index in [2.05, 4.69) is 12.2 Å². The number of benzene rings is 1. The third kappa shape index (κ3) is 23.4. The Morgan fingerprint density at radius 1 is 0.692 bits per heavy atom. The SMILES string of the molecule is CCCC(C(=O)O)N(C)C.CCCCCCCCCCCCCCCCCC(=O)NC(=O)Cc1ccccc1. The van der Waals surface area contributed by atoms with Crippen LogP contribution in [-0.2, 0) is 20.8 Å². The van der Waals surface area contributed by atoms with Gasteiger partial charge in [-0.15, -0.1) is 0 Å². The minimum Gasteiger partial charge on any atom is -0.480 e. The van der Waals surface area contributed by atoms with Gasteiger partial charge in [-0.1, -0.05) is 140 Å². The molecule has 1 rings (SSSR count). The van der Waals surface area contributed by atoms with Crippen molar-refractivity contribution in [3.63, 3.8) is 0 Å². The minimum atomic E-state index is -0.730. The van der Waals surface area contributed by atoms with Crippen molar-refractivity contribution in [2.24, 2.45) is 0 Å². The molecule has 0 aromatic heterocycles. The van der Waals surface area contributed by atoms with E-state index in [1.807, 2.05) is 37.3 Å². The molecule has 0 aliphatic carbocycles. The van der Waals surface area contributed by atoms with Crippen LogP contribution in [0.1, 0.15) is 135 Å². The smallest absolute Gasteiger partial charge is 0.320 e. The number of imide groups is 1. The zero-order valence-electron chi connectivity index (χ0n) is 25.5. The Bertz CT molecular complexity index is 736. The number of unbranched alkanes of at least 4 members (excludes halogenated alkanes) is 14. The molecule has 0 radical (unpaired) electrons. The van der Waals surface area contributed by atoms with E-state index in [1.54, 1.807) is 19.0 Å². The molecule has 0 heterocycles. The summed E-state index contributed by atoms with van der Waals surface area (Å²) in [4.78, 5) is 35.9. The molecule has 2 amide bonds. The predicted molar refractivity (Wildman–Crippen MR) is 163 cm³/mol. The molecular formula is C33H58N2O4. The first-order valence-electron chi connectivity index (χ1n) is 15.6. The van der Waals surface area contributed by atoms with Gasteiger partial charge >= 0.3 is 5.97 Å². The highest BCUT2D eigenvalue weighted by atomic mass is 16.4. The fraction of sp³-hybridized carbons (Fsp3) is 0.727. The highest BCUT2D eigenvalue weighted by Crippen LogP contribution is 2.13. The maximum Gasteiger partial charge on any atom is 0.320 e. The Morgan fingerprint density at radius 2 is 1.15 bits per heavy atom. The van der Waals surface area contributed by atoms with Gasteiger partial charge in [0.1, 0.15) is 6.04 Å². The lowest BCUT2D eigenvalue weighted by atomic mass is 10.0. The van der Waals surface area contributed by atoms with Gasteiger partial charge in [0.2, 0.25) is 11.8 Å². The predicted octanol–water partition coefficient (Wildman–Crippen LogP) is 7.93. The van der Waals surface area contributed by atoms with Crippen molar-refractivity contribution in [2.75, 3.05) is 14.1 Å². The zero-order valence-corrected chi connectivity index (χ0v) is 25.5. The molecule has 0 aliphatic rings. The molecule has 1 aromatic carbocycles. The average molecular weight is 547 g/mol. The molecule has 2 N–H and O–H groups in total. The van der Waals surface area contributed by atoms with Gasteiger partial charge in [0.25, 0.3) is 0 Å². The summed E-state index contributed by atoms with van der Waals surface area (Å²) in [6, 6.07) is 9.21. The van der Waals surface area contributed by atoms with Crippen LogP contribution in [0.3, 0.4) is 0 Å². The molecule has 224 valence electrons. The number of hydrogen-bond acceptors (Lipinski definition) is 4. The van der Waals surface area contributed by atoms with E-state index in [4.69, 9.17) is 5.11 Å². The summed E-state index contributed by atoms with van der Waals surface area (Å²) >= 11 is 0. The van der Waals surface area contributed by atoms with Gasteiger partial charge in [-0.05, 0) is 32.5 Å². The molecule has 0 aliphatic heterocycles. The number of nitrogens with zero attached hydrogens (tertiary/aromatic N) is 1. The van der Waals surface area contributed by atoms with Crippen LogP contribution in [0.5, 0.6) is 0 Å². The lowest BCUT2D eigenvalue weighted by molar-refractivity contribution is -0.142. The summed E-state index contributed by atoms with van der Waals surface area (Å²) in [6.45, 7) is 4.26. The van der Waals surface area contributed by atoms with Crippen molar-refractivity contribution in [1.82, 2.24) is 10.2 Å². The summed E-state index contributed by atoms with van der Waals surface area (Å²) in [5, 5.41) is 11.1. The number of rotatable bonds is 22. The molecule has 39 heavy (non-hydrogen) atoms. The van der Waals surface area contributed by atoms with Crippen molar-refractivity contribution >= 4 is 17.8 Å². The number of aliphatic carboxylic acids is 1. The fourth-order valence-electron chi connectivity index (χ4n) is 4.58. The first kappa shape index (κ1) is 36.8. The number of carbonyl (C=O) groups is 3. The van der Waals surface area contributed by atoms with E-state index < -0.39 is 5.97 Å². The standard InChI is InChI=1S/C26H43NO2.C7H15NO2/c1-2-3-4-5-6-7-8-9-10-11-12-13-14-15-19-22-25(28)27-26(29)23-24-20-17-16-18-21-24;1-4-5-6(7(9)10)8(2)3/h16-18,20-21H,2-15,19,22-23H2,1H3,(H,27,28,29);6H,4-5H2,1-3H3,(H,9,10). The number of nitrogens with one attached hydrogen (secondary N) is 1. The molecule has 0 saturated carbocycles. The maximum atomic E-state index is 11.9. The van der Waals surface area contributed by atoms with E-state index in [0.717, 1.165) is 31.2 Å². The summed E-state index contributed by atoms with van der Waals surface area (Å²) in [5.74, 6) is -1.07. The summed E-state index contributed by atoms with van der Waals surface area (Å²) in [6.07, 6.45) is 22.0. The second kappa shape index (κ2) is 26.0. The number of hydrogen-bond donors (Lipinski definition) is 2. The Balaban J connectivity index is 0.00000122. The molecule has 0 bridgehead atoms. The normalized spacial score (nSPS) is 11.5. The van der Waals surface area contributed by atoms with Gasteiger partial charge in [0.15, 0.2) is 0 Å². The van der Waals surface area contributed by atoms with Crippen molar-refractivity contribution in [3.05, 3.63) is 35.9 Å². The van der Waals surface area contributed by atoms with Crippen molar-refractivity contribution in [2.45, 2.75) is 142 Å². The van der Waals surface area contributed by atoms with Crippen LogP contribution in [-0.4, -0.2) is 47.9 Å². The Labute approximate surface area is 239 Å². The summed E-state index contributed by atoms with van der Waals surface area (Å²) < 4.78 is 0. The number of carboxylic acids is 1. The van der Waals surface area contributed by atoms with Crippen molar-refractivity contribution < 1.29 is 19.5 Å². The molecule has 0 saturated heterocycles. The van der Waals surface area contributed by atoms with Crippen LogP contribution in [0.2, 0.25) is 0 Å². The van der Waals surface area contributed by atoms with Gasteiger partial charge in [-0.3, -0.25) is 24.6 Å². The number of carboxylic acid groups (broad SMARTS) is 1.